The summed E-state index contributed by atoms with van der Waals surface area (Å²) in [6.07, 6.45) is 0. The van der Waals surface area contributed by atoms with E-state index in [-0.39, 0.29) is 23.1 Å². The van der Waals surface area contributed by atoms with Crippen LogP contribution >= 0.6 is 11.8 Å². The van der Waals surface area contributed by atoms with Crippen molar-refractivity contribution in [1.29, 1.82) is 0 Å². The van der Waals surface area contributed by atoms with Gasteiger partial charge >= 0.3 is 5.69 Å². The van der Waals surface area contributed by atoms with Crippen LogP contribution in [-0.4, -0.2) is 23.7 Å². The van der Waals surface area contributed by atoms with Gasteiger partial charge in [0.2, 0.25) is 5.91 Å². The van der Waals surface area contributed by atoms with Gasteiger partial charge in [0.25, 0.3) is 0 Å². The lowest BCUT2D eigenvalue weighted by Gasteiger charge is -2.09. The second-order valence-electron chi connectivity index (χ2n) is 5.26. The maximum absolute atomic E-state index is 13.2. The Balaban J connectivity index is 1.92. The summed E-state index contributed by atoms with van der Waals surface area (Å²) in [7, 11) is 1.37. The van der Waals surface area contributed by atoms with Gasteiger partial charge in [0, 0.05) is 17.5 Å². The number of anilines is 1. The van der Waals surface area contributed by atoms with E-state index in [1.54, 1.807) is 19.1 Å². The topological polar surface area (TPSA) is 81.5 Å². The van der Waals surface area contributed by atoms with Crippen molar-refractivity contribution in [3.63, 3.8) is 0 Å². The van der Waals surface area contributed by atoms with Gasteiger partial charge in [-0.3, -0.25) is 14.9 Å². The van der Waals surface area contributed by atoms with Crippen LogP contribution in [0.4, 0.5) is 15.8 Å². The number of ether oxygens (including phenoxy) is 1. The highest BCUT2D eigenvalue weighted by Crippen LogP contribution is 2.29. The lowest BCUT2D eigenvalue weighted by atomic mass is 10.2. The predicted molar refractivity (Wildman–Crippen MR) is 95.6 cm³/mol. The van der Waals surface area contributed by atoms with E-state index in [4.69, 9.17) is 4.74 Å². The minimum absolute atomic E-state index is 0.111. The van der Waals surface area contributed by atoms with Crippen molar-refractivity contribution in [2.75, 3.05) is 18.2 Å². The minimum atomic E-state index is -0.508. The number of nitro groups is 1. The summed E-state index contributed by atoms with van der Waals surface area (Å²) >= 11 is 1.31. The van der Waals surface area contributed by atoms with Crippen LogP contribution in [0.25, 0.3) is 0 Å². The van der Waals surface area contributed by atoms with Crippen LogP contribution in [0, 0.1) is 22.9 Å². The zero-order valence-electron chi connectivity index (χ0n) is 13.7. The van der Waals surface area contributed by atoms with E-state index in [0.717, 1.165) is 5.56 Å². The monoisotopic (exact) mass is 364 g/mol. The molecule has 0 saturated carbocycles. The summed E-state index contributed by atoms with van der Waals surface area (Å²) in [6.45, 7) is 1.78. The molecule has 0 radical (unpaired) electrons. The number of carbonyl (C=O) groups is 1. The van der Waals surface area contributed by atoms with E-state index in [1.165, 1.54) is 43.1 Å². The van der Waals surface area contributed by atoms with E-state index in [2.05, 4.69) is 5.32 Å². The molecule has 0 heterocycles. The maximum Gasteiger partial charge on any atom is 0.311 e. The smallest absolute Gasteiger partial charge is 0.311 e. The first-order valence-electron chi connectivity index (χ1n) is 7.35. The highest BCUT2D eigenvalue weighted by atomic mass is 32.2. The molecule has 1 amide bonds. The van der Waals surface area contributed by atoms with Gasteiger partial charge in [-0.1, -0.05) is 12.1 Å². The zero-order valence-corrected chi connectivity index (χ0v) is 14.6. The summed E-state index contributed by atoms with van der Waals surface area (Å²) in [5.74, 6) is 0.0924. The van der Waals surface area contributed by atoms with Crippen molar-refractivity contribution in [2.45, 2.75) is 12.7 Å². The number of halogens is 1. The predicted octanol–water partition coefficient (Wildman–Crippen LogP) is 3.92. The first-order chi connectivity index (χ1) is 11.9. The van der Waals surface area contributed by atoms with Crippen molar-refractivity contribution in [1.82, 2.24) is 0 Å². The second-order valence-corrected chi connectivity index (χ2v) is 6.25. The van der Waals surface area contributed by atoms with E-state index >= 15 is 0 Å². The van der Waals surface area contributed by atoms with Crippen LogP contribution in [0.2, 0.25) is 0 Å². The molecule has 0 saturated heterocycles. The normalized spacial score (nSPS) is 10.4. The third-order valence-corrected chi connectivity index (χ3v) is 4.42. The Labute approximate surface area is 148 Å². The van der Waals surface area contributed by atoms with Gasteiger partial charge in [-0.15, -0.1) is 11.8 Å². The fraction of sp³-hybridized carbons (Fsp3) is 0.235. The number of nitrogens with one attached hydrogen (secondary N) is 1. The Morgan fingerprint density at radius 1 is 1.32 bits per heavy atom. The van der Waals surface area contributed by atoms with Gasteiger partial charge in [0.15, 0.2) is 5.75 Å². The van der Waals surface area contributed by atoms with E-state index < -0.39 is 10.7 Å². The largest absolute Gasteiger partial charge is 0.490 e. The number of methoxy groups -OCH3 is 1. The lowest BCUT2D eigenvalue weighted by molar-refractivity contribution is -0.385. The molecule has 1 N–H and O–H groups in total. The van der Waals surface area contributed by atoms with Crippen LogP contribution in [0.15, 0.2) is 36.4 Å². The average molecular weight is 364 g/mol. The van der Waals surface area contributed by atoms with Crippen LogP contribution in [-0.2, 0) is 10.5 Å². The van der Waals surface area contributed by atoms with Crippen LogP contribution in [0.5, 0.6) is 5.75 Å². The molecule has 0 fully saturated rings. The van der Waals surface area contributed by atoms with E-state index in [0.29, 0.717) is 17.0 Å². The third-order valence-electron chi connectivity index (χ3n) is 3.42. The molecule has 2 rings (SSSR count). The fourth-order valence-corrected chi connectivity index (χ4v) is 2.92. The Bertz CT molecular complexity index is 798. The molecule has 0 aliphatic heterocycles. The number of amides is 1. The molecule has 0 unspecified atom stereocenters. The van der Waals surface area contributed by atoms with Gasteiger partial charge in [-0.25, -0.2) is 4.39 Å². The number of benzene rings is 2. The second kappa shape index (κ2) is 8.48. The third kappa shape index (κ3) is 5.18. The SMILES string of the molecule is COc1ccc(CSCC(=O)Nc2cc(F)ccc2C)cc1[N+](=O)[O-]. The number of hydrogen-bond donors (Lipinski definition) is 1. The highest BCUT2D eigenvalue weighted by molar-refractivity contribution is 7.99. The number of nitrogens with zero attached hydrogens (tertiary/aromatic N) is 1. The molecular weight excluding hydrogens is 347 g/mol. The molecule has 0 aliphatic carbocycles. The quantitative estimate of drug-likeness (QED) is 0.595. The molecule has 0 aromatic heterocycles. The number of nitro benzene ring substituents is 1. The van der Waals surface area contributed by atoms with Crippen LogP contribution in [0.3, 0.4) is 0 Å². The molecule has 0 atom stereocenters. The summed E-state index contributed by atoms with van der Waals surface area (Å²) in [6, 6.07) is 8.87. The van der Waals surface area contributed by atoms with Crippen molar-refractivity contribution in [3.8, 4) is 5.75 Å². The van der Waals surface area contributed by atoms with Gasteiger partial charge in [0.1, 0.15) is 5.82 Å². The van der Waals surface area contributed by atoms with E-state index in [9.17, 15) is 19.3 Å². The first-order valence-corrected chi connectivity index (χ1v) is 8.51. The zero-order chi connectivity index (χ0) is 18.4. The minimum Gasteiger partial charge on any atom is -0.490 e. The number of rotatable bonds is 7. The highest BCUT2D eigenvalue weighted by Gasteiger charge is 2.15. The van der Waals surface area contributed by atoms with Crippen molar-refractivity contribution in [3.05, 3.63) is 63.5 Å². The maximum atomic E-state index is 13.2. The molecule has 25 heavy (non-hydrogen) atoms. The first kappa shape index (κ1) is 18.7. The number of aryl methyl sites for hydroxylation is 1. The molecule has 6 nitrogen and oxygen atoms in total. The molecule has 132 valence electrons. The Kier molecular flexibility index (Phi) is 6.35. The molecule has 0 spiro atoms. The Hall–Kier alpha value is -2.61. The Morgan fingerprint density at radius 3 is 2.76 bits per heavy atom. The summed E-state index contributed by atoms with van der Waals surface area (Å²) in [5, 5.41) is 13.7. The van der Waals surface area contributed by atoms with Crippen molar-refractivity contribution < 1.29 is 18.8 Å². The van der Waals surface area contributed by atoms with Crippen LogP contribution < -0.4 is 10.1 Å². The molecule has 2 aromatic carbocycles. The molecular formula is C17H17FN2O4S. The number of carbonyl (C=O) groups excluding carboxylic acids is 1. The van der Waals surface area contributed by atoms with Gasteiger partial charge in [-0.2, -0.15) is 0 Å². The van der Waals surface area contributed by atoms with Gasteiger partial charge in [0.05, 0.1) is 17.8 Å². The summed E-state index contributed by atoms with van der Waals surface area (Å²) < 4.78 is 18.2. The Morgan fingerprint density at radius 2 is 2.08 bits per heavy atom. The average Bonchev–Trinajstić information content (AvgIpc) is 2.58. The van der Waals surface area contributed by atoms with Gasteiger partial charge < -0.3 is 10.1 Å². The fourth-order valence-electron chi connectivity index (χ4n) is 2.14. The number of thioether (sulfide) groups is 1. The molecule has 0 bridgehead atoms. The van der Waals surface area contributed by atoms with Crippen LogP contribution in [0.1, 0.15) is 11.1 Å². The number of hydrogen-bond acceptors (Lipinski definition) is 5. The molecule has 8 heteroatoms. The lowest BCUT2D eigenvalue weighted by Crippen LogP contribution is -2.15. The summed E-state index contributed by atoms with van der Waals surface area (Å²) in [5.41, 5.74) is 1.81. The van der Waals surface area contributed by atoms with Gasteiger partial charge in [-0.05, 0) is 36.2 Å². The standard InChI is InChI=1S/C17H17FN2O4S/c1-11-3-5-13(18)8-14(11)19-17(21)10-25-9-12-4-6-16(24-2)15(7-12)20(22)23/h3-8H,9-10H2,1-2H3,(H,19,21). The van der Waals surface area contributed by atoms with Crippen molar-refractivity contribution in [2.24, 2.45) is 0 Å². The van der Waals surface area contributed by atoms with E-state index in [1.807, 2.05) is 0 Å². The summed E-state index contributed by atoms with van der Waals surface area (Å²) in [4.78, 5) is 22.5. The molecule has 2 aromatic rings. The molecule has 0 aliphatic rings. The van der Waals surface area contributed by atoms with Crippen molar-refractivity contribution >= 4 is 29.0 Å².